The van der Waals surface area contributed by atoms with Gasteiger partial charge < -0.3 is 18.4 Å². The van der Waals surface area contributed by atoms with E-state index < -0.39 is 21.0 Å². The van der Waals surface area contributed by atoms with Gasteiger partial charge in [-0.2, -0.15) is 8.42 Å². The van der Waals surface area contributed by atoms with Gasteiger partial charge in [-0.1, -0.05) is 6.07 Å². The highest BCUT2D eigenvalue weighted by Crippen LogP contribution is 2.35. The first-order valence-electron chi connectivity index (χ1n) is 8.73. The molecule has 4 rings (SSSR count). The molecule has 3 aromatic rings. The minimum absolute atomic E-state index is 0.0777. The molecule has 0 spiro atoms. The second-order valence-electron chi connectivity index (χ2n) is 6.22. The quantitative estimate of drug-likeness (QED) is 0.185. The Kier molecular flexibility index (Phi) is 5.17. The zero-order valence-corrected chi connectivity index (χ0v) is 16.4. The van der Waals surface area contributed by atoms with E-state index in [9.17, 15) is 23.3 Å². The Balaban J connectivity index is 1.46. The molecule has 1 aliphatic heterocycles. The maximum absolute atomic E-state index is 12.4. The first-order valence-corrected chi connectivity index (χ1v) is 10.1. The molecule has 0 fully saturated rings. The Morgan fingerprint density at radius 3 is 2.39 bits per heavy atom. The van der Waals surface area contributed by atoms with Crippen LogP contribution < -0.4 is 18.4 Å². The number of hydrogen-bond acceptors (Lipinski definition) is 9. The van der Waals surface area contributed by atoms with E-state index in [2.05, 4.69) is 0 Å². The molecule has 158 valence electrons. The van der Waals surface area contributed by atoms with Gasteiger partial charge in [0.05, 0.1) is 10.5 Å². The van der Waals surface area contributed by atoms with Gasteiger partial charge in [-0.05, 0) is 42.5 Å². The van der Waals surface area contributed by atoms with E-state index in [1.54, 1.807) is 12.1 Å². The number of nitrogens with zero attached hydrogens (tertiary/aromatic N) is 1. The molecule has 3 aromatic carbocycles. The third-order valence-corrected chi connectivity index (χ3v) is 5.41. The monoisotopic (exact) mass is 443 g/mol. The lowest BCUT2D eigenvalue weighted by Crippen LogP contribution is -2.11. The molecule has 1 aliphatic rings. The van der Waals surface area contributed by atoms with Crippen LogP contribution >= 0.6 is 0 Å². The van der Waals surface area contributed by atoms with Gasteiger partial charge in [-0.25, -0.2) is 4.79 Å². The second kappa shape index (κ2) is 7.95. The maximum Gasteiger partial charge on any atom is 0.343 e. The zero-order chi connectivity index (χ0) is 22.0. The topological polar surface area (TPSA) is 131 Å². The molecule has 0 radical (unpaired) electrons. The van der Waals surface area contributed by atoms with Crippen LogP contribution in [0.2, 0.25) is 0 Å². The average Bonchev–Trinajstić information content (AvgIpc) is 3.22. The van der Waals surface area contributed by atoms with Crippen LogP contribution in [-0.4, -0.2) is 26.1 Å². The lowest BCUT2D eigenvalue weighted by Gasteiger charge is -2.08. The fourth-order valence-electron chi connectivity index (χ4n) is 2.68. The molecule has 0 aliphatic carbocycles. The SMILES string of the molecule is O=C(Oc1ccc2c(c1)OCO2)c1ccc(OS(=O)(=O)c2cccc([N+](=O)[O-])c2)cc1. The van der Waals surface area contributed by atoms with E-state index in [1.165, 1.54) is 48.5 Å². The van der Waals surface area contributed by atoms with Crippen LogP contribution in [0.4, 0.5) is 5.69 Å². The van der Waals surface area contributed by atoms with Crippen LogP contribution in [0.1, 0.15) is 10.4 Å². The maximum atomic E-state index is 12.4. The van der Waals surface area contributed by atoms with Crippen molar-refractivity contribution in [1.29, 1.82) is 0 Å². The van der Waals surface area contributed by atoms with Crippen LogP contribution in [0.3, 0.4) is 0 Å². The minimum atomic E-state index is -4.30. The zero-order valence-electron chi connectivity index (χ0n) is 15.6. The summed E-state index contributed by atoms with van der Waals surface area (Å²) in [5.41, 5.74) is -0.232. The molecular weight excluding hydrogens is 430 g/mol. The third kappa shape index (κ3) is 4.41. The Morgan fingerprint density at radius 1 is 0.935 bits per heavy atom. The largest absolute Gasteiger partial charge is 0.454 e. The van der Waals surface area contributed by atoms with E-state index in [0.717, 1.165) is 6.07 Å². The molecular formula is C20H13NO9S. The van der Waals surface area contributed by atoms with Gasteiger partial charge in [0.2, 0.25) is 6.79 Å². The number of non-ortho nitro benzene ring substituents is 1. The highest BCUT2D eigenvalue weighted by atomic mass is 32.2. The van der Waals surface area contributed by atoms with E-state index in [0.29, 0.717) is 11.5 Å². The average molecular weight is 443 g/mol. The van der Waals surface area contributed by atoms with Crippen molar-refractivity contribution in [3.8, 4) is 23.0 Å². The van der Waals surface area contributed by atoms with Crippen molar-refractivity contribution in [2.45, 2.75) is 4.90 Å². The summed E-state index contributed by atoms with van der Waals surface area (Å²) in [6.45, 7) is 0.0907. The Bertz CT molecular complexity index is 1270. The van der Waals surface area contributed by atoms with Gasteiger partial charge in [0.1, 0.15) is 16.4 Å². The van der Waals surface area contributed by atoms with Gasteiger partial charge in [-0.15, -0.1) is 0 Å². The number of ether oxygens (including phenoxy) is 3. The molecule has 0 aromatic heterocycles. The third-order valence-electron chi connectivity index (χ3n) is 4.17. The number of hydrogen-bond donors (Lipinski definition) is 0. The second-order valence-corrected chi connectivity index (χ2v) is 7.77. The first kappa shape index (κ1) is 20.2. The van der Waals surface area contributed by atoms with Crippen molar-refractivity contribution in [2.24, 2.45) is 0 Å². The van der Waals surface area contributed by atoms with Gasteiger partial charge in [-0.3, -0.25) is 10.1 Å². The number of benzene rings is 3. The predicted octanol–water partition coefficient (Wildman–Crippen LogP) is 3.31. The Morgan fingerprint density at radius 2 is 1.65 bits per heavy atom. The molecule has 0 amide bonds. The standard InChI is InChI=1S/C20H13NO9S/c22-20(29-16-8-9-18-19(11-16)28-12-27-18)13-4-6-15(7-5-13)30-31(25,26)17-3-1-2-14(10-17)21(23)24/h1-11H,12H2. The summed E-state index contributed by atoms with van der Waals surface area (Å²) >= 11 is 0. The highest BCUT2D eigenvalue weighted by molar-refractivity contribution is 7.87. The van der Waals surface area contributed by atoms with Crippen molar-refractivity contribution < 1.29 is 36.5 Å². The predicted molar refractivity (Wildman–Crippen MR) is 105 cm³/mol. The number of esters is 1. The van der Waals surface area contributed by atoms with E-state index in [1.807, 2.05) is 0 Å². The fraction of sp³-hybridized carbons (Fsp3) is 0.0500. The molecule has 0 saturated heterocycles. The number of fused-ring (bicyclic) bond motifs is 1. The van der Waals surface area contributed by atoms with Gasteiger partial charge in [0.25, 0.3) is 5.69 Å². The minimum Gasteiger partial charge on any atom is -0.454 e. The van der Waals surface area contributed by atoms with Crippen LogP contribution in [0.5, 0.6) is 23.0 Å². The van der Waals surface area contributed by atoms with Crippen molar-refractivity contribution in [1.82, 2.24) is 0 Å². The summed E-state index contributed by atoms with van der Waals surface area (Å²) in [6, 6.07) is 14.4. The van der Waals surface area contributed by atoms with Crippen molar-refractivity contribution in [2.75, 3.05) is 6.79 Å². The molecule has 0 N–H and O–H groups in total. The van der Waals surface area contributed by atoms with E-state index in [-0.39, 0.29) is 34.4 Å². The molecule has 0 bridgehead atoms. The number of nitro groups is 1. The number of rotatable bonds is 6. The number of nitro benzene ring substituents is 1. The normalized spacial score (nSPS) is 12.3. The molecule has 11 heteroatoms. The van der Waals surface area contributed by atoms with E-state index >= 15 is 0 Å². The Labute approximate surface area is 175 Å². The summed E-state index contributed by atoms with van der Waals surface area (Å²) in [6.07, 6.45) is 0. The smallest absolute Gasteiger partial charge is 0.343 e. The highest BCUT2D eigenvalue weighted by Gasteiger charge is 2.21. The molecule has 31 heavy (non-hydrogen) atoms. The number of carbonyl (C=O) groups is 1. The van der Waals surface area contributed by atoms with Crippen LogP contribution in [-0.2, 0) is 10.1 Å². The summed E-state index contributed by atoms with van der Waals surface area (Å²) in [7, 11) is -4.30. The van der Waals surface area contributed by atoms with Crippen LogP contribution in [0, 0.1) is 10.1 Å². The van der Waals surface area contributed by atoms with Crippen molar-refractivity contribution in [3.05, 3.63) is 82.4 Å². The summed E-state index contributed by atoms with van der Waals surface area (Å²) in [4.78, 5) is 22.1. The molecule has 1 heterocycles. The van der Waals surface area contributed by atoms with E-state index in [4.69, 9.17) is 18.4 Å². The summed E-state index contributed by atoms with van der Waals surface area (Å²) < 4.78 is 45.4. The summed E-state index contributed by atoms with van der Waals surface area (Å²) in [5.74, 6) is 0.507. The van der Waals surface area contributed by atoms with Crippen LogP contribution in [0.15, 0.2) is 71.6 Å². The lowest BCUT2D eigenvalue weighted by molar-refractivity contribution is -0.385. The van der Waals surface area contributed by atoms with Crippen molar-refractivity contribution >= 4 is 21.8 Å². The van der Waals surface area contributed by atoms with Gasteiger partial charge >= 0.3 is 16.1 Å². The fourth-order valence-corrected chi connectivity index (χ4v) is 3.65. The molecule has 10 nitrogen and oxygen atoms in total. The first-order chi connectivity index (χ1) is 14.8. The summed E-state index contributed by atoms with van der Waals surface area (Å²) in [5, 5.41) is 10.8. The van der Waals surface area contributed by atoms with Gasteiger partial charge in [0, 0.05) is 18.2 Å². The molecule has 0 atom stereocenters. The lowest BCUT2D eigenvalue weighted by atomic mass is 10.2. The Hall–Kier alpha value is -4.12. The molecule has 0 saturated carbocycles. The molecule has 0 unspecified atom stereocenters. The van der Waals surface area contributed by atoms with Crippen LogP contribution in [0.25, 0.3) is 0 Å². The number of carbonyl (C=O) groups excluding carboxylic acids is 1. The van der Waals surface area contributed by atoms with Crippen molar-refractivity contribution in [3.63, 3.8) is 0 Å². The van der Waals surface area contributed by atoms with Gasteiger partial charge in [0.15, 0.2) is 11.5 Å².